The van der Waals surface area contributed by atoms with Crippen LogP contribution in [0.3, 0.4) is 0 Å². The van der Waals surface area contributed by atoms with Crippen LogP contribution in [0.5, 0.6) is 0 Å². The molecule has 0 bridgehead atoms. The minimum Gasteiger partial charge on any atom is -0.384 e. The first-order chi connectivity index (χ1) is 9.69. The van der Waals surface area contributed by atoms with Crippen LogP contribution in [0.25, 0.3) is 5.65 Å². The first-order valence-corrected chi connectivity index (χ1v) is 6.51. The Labute approximate surface area is 117 Å². The van der Waals surface area contributed by atoms with Gasteiger partial charge in [0.15, 0.2) is 5.65 Å². The van der Waals surface area contributed by atoms with Crippen molar-refractivity contribution in [2.24, 2.45) is 0 Å². The van der Waals surface area contributed by atoms with Crippen molar-refractivity contribution < 1.29 is 4.79 Å². The molecule has 3 rings (SSSR count). The minimum absolute atomic E-state index is 0.299. The van der Waals surface area contributed by atoms with Crippen molar-refractivity contribution in [2.75, 3.05) is 11.1 Å². The van der Waals surface area contributed by atoms with Gasteiger partial charge in [-0.1, -0.05) is 0 Å². The third kappa shape index (κ3) is 1.96. The molecule has 3 heterocycles. The molecule has 0 unspecified atom stereocenters. The number of aromatic nitrogens is 3. The molecule has 0 aliphatic rings. The van der Waals surface area contributed by atoms with Gasteiger partial charge in [0.2, 0.25) is 0 Å². The molecule has 7 nitrogen and oxygen atoms in total. The van der Waals surface area contributed by atoms with E-state index in [0.29, 0.717) is 28.3 Å². The molecule has 98 valence electrons. The van der Waals surface area contributed by atoms with Crippen molar-refractivity contribution in [1.29, 1.82) is 5.26 Å². The Hall–Kier alpha value is -2.92. The highest BCUT2D eigenvalue weighted by Crippen LogP contribution is 2.21. The van der Waals surface area contributed by atoms with Crippen LogP contribution in [0.2, 0.25) is 0 Å². The molecular weight excluding hydrogens is 276 g/mol. The summed E-state index contributed by atoms with van der Waals surface area (Å²) in [4.78, 5) is 16.3. The van der Waals surface area contributed by atoms with Crippen LogP contribution in [-0.2, 0) is 0 Å². The van der Waals surface area contributed by atoms with Crippen molar-refractivity contribution in [3.05, 3.63) is 40.3 Å². The summed E-state index contributed by atoms with van der Waals surface area (Å²) in [5, 5.41) is 19.0. The molecule has 8 heteroatoms. The summed E-state index contributed by atoms with van der Waals surface area (Å²) in [6.45, 7) is 0. The number of nitrogens with two attached hydrogens (primary N) is 1. The third-order valence-electron chi connectivity index (χ3n) is 2.67. The second-order valence-electron chi connectivity index (χ2n) is 3.94. The Morgan fingerprint density at radius 2 is 2.35 bits per heavy atom. The van der Waals surface area contributed by atoms with Crippen molar-refractivity contribution >= 4 is 34.4 Å². The first-order valence-electron chi connectivity index (χ1n) is 5.56. The van der Waals surface area contributed by atoms with Crippen molar-refractivity contribution in [3.8, 4) is 6.07 Å². The van der Waals surface area contributed by atoms with E-state index in [-0.39, 0.29) is 5.91 Å². The van der Waals surface area contributed by atoms with Gasteiger partial charge in [-0.15, -0.1) is 11.3 Å². The van der Waals surface area contributed by atoms with Crippen molar-refractivity contribution in [3.63, 3.8) is 0 Å². The normalized spacial score (nSPS) is 10.3. The van der Waals surface area contributed by atoms with Gasteiger partial charge in [-0.05, 0) is 6.07 Å². The maximum Gasteiger partial charge on any atom is 0.261 e. The summed E-state index contributed by atoms with van der Waals surface area (Å²) in [6, 6.07) is 3.60. The summed E-state index contributed by atoms with van der Waals surface area (Å²) in [5.74, 6) is -0.0757. The summed E-state index contributed by atoms with van der Waals surface area (Å²) in [7, 11) is 0. The number of nitrogens with zero attached hydrogens (tertiary/aromatic N) is 4. The lowest BCUT2D eigenvalue weighted by molar-refractivity contribution is 0.102. The lowest BCUT2D eigenvalue weighted by Gasteiger charge is -2.02. The highest BCUT2D eigenvalue weighted by Gasteiger charge is 2.16. The number of anilines is 2. The maximum atomic E-state index is 12.2. The number of fused-ring (bicyclic) bond motifs is 1. The first kappa shape index (κ1) is 12.1. The quantitative estimate of drug-likeness (QED) is 0.741. The number of nitriles is 1. The highest BCUT2D eigenvalue weighted by atomic mass is 32.1. The summed E-state index contributed by atoms with van der Waals surface area (Å²) in [5.41, 5.74) is 7.18. The zero-order valence-electron chi connectivity index (χ0n) is 10.1. The maximum absolute atomic E-state index is 12.2. The molecule has 0 aliphatic heterocycles. The monoisotopic (exact) mass is 284 g/mol. The fraction of sp³-hybridized carbons (Fsp3) is 0. The summed E-state index contributed by atoms with van der Waals surface area (Å²) >= 11 is 1.34. The van der Waals surface area contributed by atoms with Gasteiger partial charge in [0, 0.05) is 17.0 Å². The van der Waals surface area contributed by atoms with Crippen LogP contribution in [-0.4, -0.2) is 20.5 Å². The van der Waals surface area contributed by atoms with Gasteiger partial charge in [-0.2, -0.15) is 10.4 Å². The Balaban J connectivity index is 1.97. The predicted molar refractivity (Wildman–Crippen MR) is 74.4 cm³/mol. The van der Waals surface area contributed by atoms with Crippen LogP contribution < -0.4 is 11.1 Å². The average molecular weight is 284 g/mol. The topological polar surface area (TPSA) is 109 Å². The van der Waals surface area contributed by atoms with E-state index >= 15 is 0 Å². The SMILES string of the molecule is N#Cc1cscc1NC(=O)c1cnn2ccc(N)nc12. The number of amides is 1. The molecule has 0 fully saturated rings. The average Bonchev–Trinajstić information content (AvgIpc) is 3.04. The van der Waals surface area contributed by atoms with Crippen LogP contribution in [0.1, 0.15) is 15.9 Å². The minimum atomic E-state index is -0.381. The molecule has 0 radical (unpaired) electrons. The second kappa shape index (κ2) is 4.64. The molecule has 0 saturated heterocycles. The van der Waals surface area contributed by atoms with E-state index in [1.807, 2.05) is 6.07 Å². The smallest absolute Gasteiger partial charge is 0.261 e. The second-order valence-corrected chi connectivity index (χ2v) is 4.69. The fourth-order valence-corrected chi connectivity index (χ4v) is 2.42. The molecule has 3 aromatic rings. The molecule has 1 amide bonds. The molecule has 3 aromatic heterocycles. The van der Waals surface area contributed by atoms with Crippen LogP contribution in [0.15, 0.2) is 29.2 Å². The van der Waals surface area contributed by atoms with E-state index in [9.17, 15) is 4.79 Å². The van der Waals surface area contributed by atoms with Gasteiger partial charge in [-0.25, -0.2) is 9.50 Å². The summed E-state index contributed by atoms with van der Waals surface area (Å²) < 4.78 is 1.46. The number of carbonyl (C=O) groups excluding carboxylic acids is 1. The number of nitrogen functional groups attached to an aromatic ring is 1. The van der Waals surface area contributed by atoms with E-state index < -0.39 is 0 Å². The van der Waals surface area contributed by atoms with Gasteiger partial charge in [0.25, 0.3) is 5.91 Å². The zero-order chi connectivity index (χ0) is 14.1. The fourth-order valence-electron chi connectivity index (χ4n) is 1.71. The van der Waals surface area contributed by atoms with Crippen molar-refractivity contribution in [1.82, 2.24) is 14.6 Å². The lowest BCUT2D eigenvalue weighted by Crippen LogP contribution is -2.12. The Morgan fingerprint density at radius 3 is 3.15 bits per heavy atom. The van der Waals surface area contributed by atoms with Crippen LogP contribution in [0, 0.1) is 11.3 Å². The molecule has 0 saturated carbocycles. The lowest BCUT2D eigenvalue weighted by atomic mass is 10.2. The molecule has 0 spiro atoms. The number of hydrogen-bond acceptors (Lipinski definition) is 6. The van der Waals surface area contributed by atoms with Gasteiger partial charge in [0.05, 0.1) is 17.4 Å². The largest absolute Gasteiger partial charge is 0.384 e. The van der Waals surface area contributed by atoms with E-state index in [0.717, 1.165) is 0 Å². The predicted octanol–water partition coefficient (Wildman–Crippen LogP) is 1.50. The van der Waals surface area contributed by atoms with Crippen molar-refractivity contribution in [2.45, 2.75) is 0 Å². The van der Waals surface area contributed by atoms with Crippen LogP contribution in [0.4, 0.5) is 11.5 Å². The molecule has 0 aliphatic carbocycles. The molecule has 0 atom stereocenters. The van der Waals surface area contributed by atoms with Gasteiger partial charge < -0.3 is 11.1 Å². The van der Waals surface area contributed by atoms with Gasteiger partial charge in [0.1, 0.15) is 17.5 Å². The van der Waals surface area contributed by atoms with Crippen LogP contribution >= 0.6 is 11.3 Å². The van der Waals surface area contributed by atoms with E-state index in [4.69, 9.17) is 11.0 Å². The number of nitrogens with one attached hydrogen (secondary N) is 1. The number of carbonyl (C=O) groups is 1. The Kier molecular flexibility index (Phi) is 2.81. The standard InChI is InChI=1S/C12H8N6OS/c13-3-7-5-20-6-9(7)16-12(19)8-4-15-18-2-1-10(14)17-11(8)18/h1-2,4-6H,(H2,14,17)(H,16,19). The number of rotatable bonds is 2. The third-order valence-corrected chi connectivity index (χ3v) is 3.41. The number of hydrogen-bond donors (Lipinski definition) is 2. The van der Waals surface area contributed by atoms with Gasteiger partial charge >= 0.3 is 0 Å². The Morgan fingerprint density at radius 1 is 1.50 bits per heavy atom. The highest BCUT2D eigenvalue weighted by molar-refractivity contribution is 7.08. The van der Waals surface area contributed by atoms with E-state index in [1.54, 1.807) is 23.0 Å². The molecular formula is C12H8N6OS. The molecule has 20 heavy (non-hydrogen) atoms. The van der Waals surface area contributed by atoms with E-state index in [1.165, 1.54) is 22.0 Å². The van der Waals surface area contributed by atoms with E-state index in [2.05, 4.69) is 15.4 Å². The molecule has 0 aromatic carbocycles. The number of thiophene rings is 1. The Bertz CT molecular complexity index is 843. The zero-order valence-corrected chi connectivity index (χ0v) is 10.9. The van der Waals surface area contributed by atoms with Gasteiger partial charge in [-0.3, -0.25) is 4.79 Å². The molecule has 3 N–H and O–H groups in total. The summed E-state index contributed by atoms with van der Waals surface area (Å²) in [6.07, 6.45) is 3.04.